The Morgan fingerprint density at radius 1 is 1.38 bits per heavy atom. The number of hydrogen-bond acceptors (Lipinski definition) is 3. The second kappa shape index (κ2) is 5.32. The summed E-state index contributed by atoms with van der Waals surface area (Å²) in [6, 6.07) is 9.15. The molecule has 1 amide bonds. The van der Waals surface area contributed by atoms with Crippen LogP contribution in [0.25, 0.3) is 0 Å². The van der Waals surface area contributed by atoms with E-state index in [-0.39, 0.29) is 5.91 Å². The molecular weight excluding hydrogens is 240 g/mol. The zero-order valence-electron chi connectivity index (χ0n) is 8.68. The summed E-state index contributed by atoms with van der Waals surface area (Å²) in [6.07, 6.45) is 1.04. The molecule has 0 radical (unpaired) electrons. The Bertz CT molecular complexity index is 394. The zero-order chi connectivity index (χ0) is 11.4. The molecular formula is C11H12N2OS2. The summed E-state index contributed by atoms with van der Waals surface area (Å²) in [6.45, 7) is 0.796. The predicted molar refractivity (Wildman–Crippen MR) is 70.3 cm³/mol. The summed E-state index contributed by atoms with van der Waals surface area (Å²) in [5.74, 6) is 0.932. The van der Waals surface area contributed by atoms with Crippen LogP contribution in [0, 0.1) is 0 Å². The van der Waals surface area contributed by atoms with E-state index in [9.17, 15) is 4.79 Å². The SMILES string of the molecule is O=C(NN1CCCSC1=S)c1ccccc1. The van der Waals surface area contributed by atoms with E-state index in [4.69, 9.17) is 12.2 Å². The summed E-state index contributed by atoms with van der Waals surface area (Å²) < 4.78 is 0.746. The van der Waals surface area contributed by atoms with E-state index < -0.39 is 0 Å². The topological polar surface area (TPSA) is 32.3 Å². The van der Waals surface area contributed by atoms with Gasteiger partial charge in [-0.15, -0.1) is 0 Å². The maximum atomic E-state index is 11.8. The molecule has 0 atom stereocenters. The minimum atomic E-state index is -0.106. The molecule has 1 saturated heterocycles. The highest BCUT2D eigenvalue weighted by molar-refractivity contribution is 8.22. The molecule has 16 heavy (non-hydrogen) atoms. The van der Waals surface area contributed by atoms with Crippen molar-refractivity contribution in [2.45, 2.75) is 6.42 Å². The van der Waals surface area contributed by atoms with Gasteiger partial charge in [-0.25, -0.2) is 0 Å². The summed E-state index contributed by atoms with van der Waals surface area (Å²) in [5.41, 5.74) is 3.47. The highest BCUT2D eigenvalue weighted by Gasteiger charge is 2.17. The van der Waals surface area contributed by atoms with Crippen LogP contribution in [0.3, 0.4) is 0 Å². The monoisotopic (exact) mass is 252 g/mol. The molecule has 0 unspecified atom stereocenters. The summed E-state index contributed by atoms with van der Waals surface area (Å²) in [5, 5.41) is 1.75. The van der Waals surface area contributed by atoms with Crippen molar-refractivity contribution in [3.63, 3.8) is 0 Å². The largest absolute Gasteiger partial charge is 0.269 e. The fraction of sp³-hybridized carbons (Fsp3) is 0.273. The maximum absolute atomic E-state index is 11.8. The number of rotatable bonds is 2. The molecule has 1 aliphatic heterocycles. The van der Waals surface area contributed by atoms with Crippen LogP contribution in [0.2, 0.25) is 0 Å². The van der Waals surface area contributed by atoms with Gasteiger partial charge in [-0.3, -0.25) is 15.2 Å². The first-order chi connectivity index (χ1) is 7.77. The molecule has 1 aromatic carbocycles. The lowest BCUT2D eigenvalue weighted by Gasteiger charge is -2.28. The molecule has 0 spiro atoms. The Kier molecular flexibility index (Phi) is 3.79. The zero-order valence-corrected chi connectivity index (χ0v) is 10.3. The van der Waals surface area contributed by atoms with Crippen LogP contribution in [-0.2, 0) is 0 Å². The maximum Gasteiger partial charge on any atom is 0.269 e. The van der Waals surface area contributed by atoms with Crippen molar-refractivity contribution in [1.29, 1.82) is 0 Å². The quantitative estimate of drug-likeness (QED) is 0.817. The fourth-order valence-corrected chi connectivity index (χ4v) is 2.56. The van der Waals surface area contributed by atoms with Gasteiger partial charge in [0, 0.05) is 17.9 Å². The highest BCUT2D eigenvalue weighted by Crippen LogP contribution is 2.15. The number of carbonyl (C=O) groups excluding carboxylic acids is 1. The Morgan fingerprint density at radius 2 is 2.12 bits per heavy atom. The Morgan fingerprint density at radius 3 is 2.81 bits per heavy atom. The van der Waals surface area contributed by atoms with Crippen molar-refractivity contribution >= 4 is 34.2 Å². The predicted octanol–water partition coefficient (Wildman–Crippen LogP) is 2.06. The van der Waals surface area contributed by atoms with Crippen molar-refractivity contribution in [2.24, 2.45) is 0 Å². The van der Waals surface area contributed by atoms with Gasteiger partial charge >= 0.3 is 0 Å². The smallest absolute Gasteiger partial charge is 0.269 e. The molecule has 0 saturated carbocycles. The number of carbonyl (C=O) groups is 1. The molecule has 0 aliphatic carbocycles. The van der Waals surface area contributed by atoms with Gasteiger partial charge in [0.15, 0.2) is 4.32 Å². The van der Waals surface area contributed by atoms with Crippen LogP contribution >= 0.6 is 24.0 Å². The summed E-state index contributed by atoms with van der Waals surface area (Å²) in [7, 11) is 0. The van der Waals surface area contributed by atoms with Crippen LogP contribution in [0.15, 0.2) is 30.3 Å². The lowest BCUT2D eigenvalue weighted by atomic mass is 10.2. The molecule has 1 aliphatic rings. The number of nitrogens with zero attached hydrogens (tertiary/aromatic N) is 1. The minimum absolute atomic E-state index is 0.106. The number of benzene rings is 1. The van der Waals surface area contributed by atoms with Gasteiger partial charge in [0.1, 0.15) is 0 Å². The minimum Gasteiger partial charge on any atom is -0.269 e. The van der Waals surface area contributed by atoms with E-state index in [2.05, 4.69) is 5.43 Å². The molecule has 84 valence electrons. The first-order valence-corrected chi connectivity index (χ1v) is 6.47. The lowest BCUT2D eigenvalue weighted by Crippen LogP contribution is -2.46. The van der Waals surface area contributed by atoms with Crippen molar-refractivity contribution in [1.82, 2.24) is 10.4 Å². The van der Waals surface area contributed by atoms with E-state index in [0.717, 1.165) is 23.0 Å². The number of thiocarbonyl (C=S) groups is 1. The van der Waals surface area contributed by atoms with Gasteiger partial charge in [-0.1, -0.05) is 42.2 Å². The third-order valence-electron chi connectivity index (χ3n) is 2.24. The van der Waals surface area contributed by atoms with Gasteiger partial charge in [0.25, 0.3) is 5.91 Å². The van der Waals surface area contributed by atoms with Gasteiger partial charge < -0.3 is 0 Å². The van der Waals surface area contributed by atoms with E-state index in [1.165, 1.54) is 0 Å². The van der Waals surface area contributed by atoms with Crippen molar-refractivity contribution in [3.8, 4) is 0 Å². The molecule has 5 heteroatoms. The number of hydrazine groups is 1. The number of thioether (sulfide) groups is 1. The van der Waals surface area contributed by atoms with Crippen molar-refractivity contribution < 1.29 is 4.79 Å². The van der Waals surface area contributed by atoms with Gasteiger partial charge in [0.2, 0.25) is 0 Å². The Hall–Kier alpha value is -1.07. The molecule has 1 heterocycles. The van der Waals surface area contributed by atoms with E-state index in [0.29, 0.717) is 5.56 Å². The molecule has 1 fully saturated rings. The second-order valence-corrected chi connectivity index (χ2v) is 5.16. The van der Waals surface area contributed by atoms with Crippen LogP contribution in [0.5, 0.6) is 0 Å². The third kappa shape index (κ3) is 2.74. The van der Waals surface area contributed by atoms with Crippen LogP contribution in [-0.4, -0.2) is 27.5 Å². The normalized spacial score (nSPS) is 16.0. The van der Waals surface area contributed by atoms with Crippen molar-refractivity contribution in [2.75, 3.05) is 12.3 Å². The van der Waals surface area contributed by atoms with E-state index in [1.807, 2.05) is 18.2 Å². The standard InChI is InChI=1S/C11H12N2OS2/c14-10(9-5-2-1-3-6-9)12-13-7-4-8-16-11(13)15/h1-3,5-6H,4,7-8H2,(H,12,14). The van der Waals surface area contributed by atoms with Gasteiger partial charge in [-0.2, -0.15) is 0 Å². The third-order valence-corrected chi connectivity index (χ3v) is 3.78. The van der Waals surface area contributed by atoms with Crippen molar-refractivity contribution in [3.05, 3.63) is 35.9 Å². The average molecular weight is 252 g/mol. The molecule has 2 rings (SSSR count). The summed E-state index contributed by atoms with van der Waals surface area (Å²) in [4.78, 5) is 11.8. The van der Waals surface area contributed by atoms with Gasteiger partial charge in [0.05, 0.1) is 0 Å². The van der Waals surface area contributed by atoms with E-state index in [1.54, 1.807) is 28.9 Å². The molecule has 1 aromatic rings. The molecule has 0 aromatic heterocycles. The second-order valence-electron chi connectivity index (χ2n) is 3.43. The van der Waals surface area contributed by atoms with E-state index >= 15 is 0 Å². The first kappa shape index (κ1) is 11.4. The number of nitrogens with one attached hydrogen (secondary N) is 1. The number of hydrogen-bond donors (Lipinski definition) is 1. The fourth-order valence-electron chi connectivity index (χ4n) is 1.43. The highest BCUT2D eigenvalue weighted by atomic mass is 32.2. The lowest BCUT2D eigenvalue weighted by molar-refractivity contribution is 0.0873. The molecule has 0 bridgehead atoms. The summed E-state index contributed by atoms with van der Waals surface area (Å²) >= 11 is 6.78. The van der Waals surface area contributed by atoms with Crippen LogP contribution in [0.1, 0.15) is 16.8 Å². The Labute approximate surface area is 104 Å². The van der Waals surface area contributed by atoms with Crippen LogP contribution < -0.4 is 5.43 Å². The van der Waals surface area contributed by atoms with Crippen LogP contribution in [0.4, 0.5) is 0 Å². The molecule has 3 nitrogen and oxygen atoms in total. The molecule has 1 N–H and O–H groups in total. The average Bonchev–Trinajstić information content (AvgIpc) is 2.33. The first-order valence-electron chi connectivity index (χ1n) is 5.08. The van der Waals surface area contributed by atoms with Gasteiger partial charge in [-0.05, 0) is 18.6 Å². The number of amides is 1. The Balaban J connectivity index is 1.99.